The highest BCUT2D eigenvalue weighted by Gasteiger charge is 2.22. The molecule has 0 radical (unpaired) electrons. The van der Waals surface area contributed by atoms with Crippen molar-refractivity contribution < 1.29 is 0 Å². The summed E-state index contributed by atoms with van der Waals surface area (Å²) in [6.07, 6.45) is 2.21. The topological polar surface area (TPSA) is 48.0 Å². The highest BCUT2D eigenvalue weighted by atomic mass is 15.0. The first-order chi connectivity index (χ1) is 25.8. The number of hydrogen-bond acceptors (Lipinski definition) is 3. The van der Waals surface area contributed by atoms with E-state index in [9.17, 15) is 0 Å². The maximum Gasteiger partial charge on any atom is 0.164 e. The van der Waals surface area contributed by atoms with Gasteiger partial charge in [-0.1, -0.05) is 121 Å². The Morgan fingerprint density at radius 1 is 0.365 bits per heavy atom. The molecule has 0 saturated carbocycles. The molecule has 7 aromatic carbocycles. The smallest absolute Gasteiger partial charge is 0.164 e. The van der Waals surface area contributed by atoms with Crippen molar-refractivity contribution in [1.29, 1.82) is 0 Å². The predicted octanol–water partition coefficient (Wildman–Crippen LogP) is 11.6. The number of nitrogens with zero attached hydrogens (tertiary/aromatic N) is 5. The zero-order chi connectivity index (χ0) is 34.2. The molecule has 0 unspecified atom stereocenters. The SMILES string of the molecule is c1ccc(-c2nc(-c3ccccc3)nc(-c3cccc(-c4ccc5c(c4)c4cc6ccn7c8ccccc8c(c4n5-c4ccccc4)c67)c3)n2)cc1. The lowest BCUT2D eigenvalue weighted by atomic mass is 9.99. The lowest BCUT2D eigenvalue weighted by Crippen LogP contribution is -2.00. The monoisotopic (exact) mass is 663 g/mol. The Bertz CT molecular complexity index is 3050. The molecule has 11 aromatic rings. The van der Waals surface area contributed by atoms with Crippen LogP contribution in [0.2, 0.25) is 0 Å². The Hall–Kier alpha value is -7.11. The molecule has 5 nitrogen and oxygen atoms in total. The van der Waals surface area contributed by atoms with Crippen LogP contribution in [-0.2, 0) is 0 Å². The minimum atomic E-state index is 0.643. The fourth-order valence-corrected chi connectivity index (χ4v) is 7.96. The van der Waals surface area contributed by atoms with Crippen LogP contribution in [0.4, 0.5) is 0 Å². The Morgan fingerprint density at radius 3 is 1.69 bits per heavy atom. The Kier molecular flexibility index (Phi) is 6.18. The van der Waals surface area contributed by atoms with Crippen LogP contribution < -0.4 is 0 Å². The van der Waals surface area contributed by atoms with Crippen LogP contribution in [0.15, 0.2) is 176 Å². The fraction of sp³-hybridized carbons (Fsp3) is 0. The van der Waals surface area contributed by atoms with Gasteiger partial charge >= 0.3 is 0 Å². The average molecular weight is 664 g/mol. The zero-order valence-electron chi connectivity index (χ0n) is 28.0. The van der Waals surface area contributed by atoms with Crippen LogP contribution in [0.25, 0.3) is 100.0 Å². The number of rotatable bonds is 5. The summed E-state index contributed by atoms with van der Waals surface area (Å²) >= 11 is 0. The third kappa shape index (κ3) is 4.33. The largest absolute Gasteiger partial charge is 0.315 e. The summed E-state index contributed by atoms with van der Waals surface area (Å²) in [5.74, 6) is 1.95. The quantitative estimate of drug-likeness (QED) is 0.184. The number of para-hydroxylation sites is 2. The molecule has 0 aliphatic rings. The third-order valence-electron chi connectivity index (χ3n) is 10.3. The molecule has 0 saturated heterocycles. The molecule has 0 bridgehead atoms. The van der Waals surface area contributed by atoms with E-state index < -0.39 is 0 Å². The van der Waals surface area contributed by atoms with Gasteiger partial charge < -0.3 is 8.97 Å². The summed E-state index contributed by atoms with van der Waals surface area (Å²) < 4.78 is 4.79. The normalized spacial score (nSPS) is 11.8. The van der Waals surface area contributed by atoms with Gasteiger partial charge in [0.25, 0.3) is 0 Å². The van der Waals surface area contributed by atoms with Crippen LogP contribution in [-0.4, -0.2) is 23.9 Å². The summed E-state index contributed by atoms with van der Waals surface area (Å²) in [5.41, 5.74) is 11.1. The van der Waals surface area contributed by atoms with E-state index >= 15 is 0 Å². The van der Waals surface area contributed by atoms with Crippen molar-refractivity contribution in [3.63, 3.8) is 0 Å². The second kappa shape index (κ2) is 11.2. The molecular formula is C47H29N5. The van der Waals surface area contributed by atoms with Gasteiger partial charge in [0.15, 0.2) is 17.5 Å². The van der Waals surface area contributed by atoms with E-state index in [1.165, 1.54) is 49.0 Å². The van der Waals surface area contributed by atoms with Crippen LogP contribution in [0.3, 0.4) is 0 Å². The van der Waals surface area contributed by atoms with Crippen molar-refractivity contribution in [1.82, 2.24) is 23.9 Å². The van der Waals surface area contributed by atoms with E-state index in [0.29, 0.717) is 17.5 Å². The second-order valence-corrected chi connectivity index (χ2v) is 13.3. The van der Waals surface area contributed by atoms with Crippen molar-refractivity contribution in [2.24, 2.45) is 0 Å². The molecule has 0 fully saturated rings. The summed E-state index contributed by atoms with van der Waals surface area (Å²) in [7, 11) is 0. The van der Waals surface area contributed by atoms with Crippen LogP contribution >= 0.6 is 0 Å². The van der Waals surface area contributed by atoms with Crippen molar-refractivity contribution in [3.05, 3.63) is 176 Å². The number of benzene rings is 7. The van der Waals surface area contributed by atoms with E-state index in [0.717, 1.165) is 33.5 Å². The minimum absolute atomic E-state index is 0.643. The second-order valence-electron chi connectivity index (χ2n) is 13.3. The van der Waals surface area contributed by atoms with Gasteiger partial charge in [-0.2, -0.15) is 0 Å². The molecular weight excluding hydrogens is 635 g/mol. The third-order valence-corrected chi connectivity index (χ3v) is 10.3. The lowest BCUT2D eigenvalue weighted by molar-refractivity contribution is 1.07. The first-order valence-corrected chi connectivity index (χ1v) is 17.5. The molecule has 242 valence electrons. The molecule has 52 heavy (non-hydrogen) atoms. The van der Waals surface area contributed by atoms with Crippen molar-refractivity contribution in [2.45, 2.75) is 0 Å². The summed E-state index contributed by atoms with van der Waals surface area (Å²) in [6, 6.07) is 59.8. The van der Waals surface area contributed by atoms with Crippen molar-refractivity contribution >= 4 is 49.0 Å². The van der Waals surface area contributed by atoms with Crippen LogP contribution in [0.5, 0.6) is 0 Å². The zero-order valence-corrected chi connectivity index (χ0v) is 28.0. The Labute approximate surface area is 299 Å². The van der Waals surface area contributed by atoms with Gasteiger partial charge in [0.1, 0.15) is 0 Å². The summed E-state index contributed by atoms with van der Waals surface area (Å²) in [4.78, 5) is 14.9. The van der Waals surface area contributed by atoms with Gasteiger partial charge in [-0.25, -0.2) is 15.0 Å². The van der Waals surface area contributed by atoms with E-state index in [2.05, 4.69) is 124 Å². The summed E-state index contributed by atoms with van der Waals surface area (Å²) in [5, 5.41) is 6.26. The minimum Gasteiger partial charge on any atom is -0.315 e. The van der Waals surface area contributed by atoms with E-state index in [4.69, 9.17) is 15.0 Å². The van der Waals surface area contributed by atoms with Crippen molar-refractivity contribution in [3.8, 4) is 51.0 Å². The van der Waals surface area contributed by atoms with Gasteiger partial charge in [0, 0.05) is 55.5 Å². The molecule has 0 atom stereocenters. The van der Waals surface area contributed by atoms with Gasteiger partial charge in [0.05, 0.1) is 22.1 Å². The van der Waals surface area contributed by atoms with E-state index in [-0.39, 0.29) is 0 Å². The van der Waals surface area contributed by atoms with Gasteiger partial charge in [-0.05, 0) is 59.7 Å². The van der Waals surface area contributed by atoms with E-state index in [1.807, 2.05) is 60.7 Å². The average Bonchev–Trinajstić information content (AvgIpc) is 3.90. The number of fused-ring (bicyclic) bond motifs is 7. The van der Waals surface area contributed by atoms with E-state index in [1.54, 1.807) is 0 Å². The standard InChI is InChI=1S/C47H29N5/c1-4-13-30(14-5-1)45-48-46(31-15-6-2-7-16-31)50-47(49-45)35-18-12-17-32(27-35)33-23-24-41-38(28-33)39-29-34-25-26-51-40-22-11-10-21-37(40)42(43(34)51)44(39)52(41)36-19-8-3-9-20-36/h1-29H. The van der Waals surface area contributed by atoms with Gasteiger partial charge in [-0.3, -0.25) is 0 Å². The highest BCUT2D eigenvalue weighted by Crippen LogP contribution is 2.44. The fourth-order valence-electron chi connectivity index (χ4n) is 7.96. The molecule has 4 aromatic heterocycles. The first kappa shape index (κ1) is 28.7. The molecule has 11 rings (SSSR count). The molecule has 0 aliphatic heterocycles. The van der Waals surface area contributed by atoms with Gasteiger partial charge in [0.2, 0.25) is 0 Å². The summed E-state index contributed by atoms with van der Waals surface area (Å²) in [6.45, 7) is 0. The molecule has 4 heterocycles. The first-order valence-electron chi connectivity index (χ1n) is 17.5. The number of aromatic nitrogens is 5. The molecule has 0 amide bonds. The van der Waals surface area contributed by atoms with Gasteiger partial charge in [-0.15, -0.1) is 0 Å². The highest BCUT2D eigenvalue weighted by molar-refractivity contribution is 6.30. The lowest BCUT2D eigenvalue weighted by Gasteiger charge is -2.10. The van der Waals surface area contributed by atoms with Crippen molar-refractivity contribution in [2.75, 3.05) is 0 Å². The number of hydrogen-bond donors (Lipinski definition) is 0. The maximum atomic E-state index is 5.00. The Balaban J connectivity index is 1.13. The molecule has 0 aliphatic carbocycles. The van der Waals surface area contributed by atoms with Crippen LogP contribution in [0.1, 0.15) is 0 Å². The molecule has 5 heteroatoms. The van der Waals surface area contributed by atoms with Crippen LogP contribution in [0, 0.1) is 0 Å². The predicted molar refractivity (Wildman–Crippen MR) is 213 cm³/mol. The molecule has 0 N–H and O–H groups in total. The maximum absolute atomic E-state index is 5.00. The molecule has 0 spiro atoms. The Morgan fingerprint density at radius 2 is 0.962 bits per heavy atom.